The van der Waals surface area contributed by atoms with E-state index < -0.39 is 5.97 Å². The molecule has 0 bridgehead atoms. The van der Waals surface area contributed by atoms with Crippen LogP contribution in [0.15, 0.2) is 22.1 Å². The summed E-state index contributed by atoms with van der Waals surface area (Å²) in [6.07, 6.45) is 1.32. The lowest BCUT2D eigenvalue weighted by Crippen LogP contribution is -2.26. The predicted molar refractivity (Wildman–Crippen MR) is 71.3 cm³/mol. The molecule has 2 N–H and O–H groups in total. The van der Waals surface area contributed by atoms with Crippen LogP contribution in [0.3, 0.4) is 0 Å². The number of carboxylic acid groups (broad SMARTS) is 1. The minimum Gasteiger partial charge on any atom is -0.476 e. The second kappa shape index (κ2) is 5.93. The molecule has 0 aromatic carbocycles. The van der Waals surface area contributed by atoms with Crippen molar-refractivity contribution in [2.75, 3.05) is 6.54 Å². The summed E-state index contributed by atoms with van der Waals surface area (Å²) in [6, 6.07) is 1.80. The number of rotatable bonds is 5. The van der Waals surface area contributed by atoms with E-state index in [-0.39, 0.29) is 11.6 Å². The first-order valence-electron chi connectivity index (χ1n) is 5.22. The third kappa shape index (κ3) is 3.38. The molecule has 0 radical (unpaired) electrons. The molecule has 0 aliphatic heterocycles. The van der Waals surface area contributed by atoms with E-state index in [1.54, 1.807) is 6.07 Å². The standard InChI is InChI=1S/C10H9BrN4O3S/c11-6-1-4-19-8(6)9(16)12-2-3-15-5-7(10(17)18)13-14-15/h1,4-5H,2-3H2,(H,12,16)(H,17,18). The van der Waals surface area contributed by atoms with E-state index >= 15 is 0 Å². The molecular weight excluding hydrogens is 336 g/mol. The summed E-state index contributed by atoms with van der Waals surface area (Å²) in [6.45, 7) is 0.695. The van der Waals surface area contributed by atoms with Crippen LogP contribution in [0.2, 0.25) is 0 Å². The summed E-state index contributed by atoms with van der Waals surface area (Å²) in [4.78, 5) is 23.0. The van der Waals surface area contributed by atoms with Crippen molar-refractivity contribution >= 4 is 39.1 Å². The first kappa shape index (κ1) is 13.7. The van der Waals surface area contributed by atoms with Crippen molar-refractivity contribution in [2.45, 2.75) is 6.54 Å². The maximum Gasteiger partial charge on any atom is 0.358 e. The molecule has 0 spiro atoms. The fourth-order valence-corrected chi connectivity index (χ4v) is 2.79. The molecule has 19 heavy (non-hydrogen) atoms. The Kier molecular flexibility index (Phi) is 4.27. The van der Waals surface area contributed by atoms with Gasteiger partial charge in [-0.05, 0) is 27.4 Å². The Balaban J connectivity index is 1.85. The quantitative estimate of drug-likeness (QED) is 0.850. The van der Waals surface area contributed by atoms with E-state index in [4.69, 9.17) is 5.11 Å². The molecule has 2 rings (SSSR count). The number of thiophene rings is 1. The molecule has 0 fully saturated rings. The first-order chi connectivity index (χ1) is 9.08. The zero-order chi connectivity index (χ0) is 13.8. The number of nitrogens with zero attached hydrogens (tertiary/aromatic N) is 3. The van der Waals surface area contributed by atoms with Gasteiger partial charge in [0.25, 0.3) is 5.91 Å². The van der Waals surface area contributed by atoms with Gasteiger partial charge in [0, 0.05) is 11.0 Å². The maximum atomic E-state index is 11.8. The Labute approximate surface area is 120 Å². The zero-order valence-electron chi connectivity index (χ0n) is 9.54. The van der Waals surface area contributed by atoms with Gasteiger partial charge in [0.05, 0.1) is 12.7 Å². The van der Waals surface area contributed by atoms with E-state index in [0.717, 1.165) is 4.47 Å². The fourth-order valence-electron chi connectivity index (χ4n) is 1.33. The van der Waals surface area contributed by atoms with E-state index in [1.807, 2.05) is 5.38 Å². The smallest absolute Gasteiger partial charge is 0.358 e. The van der Waals surface area contributed by atoms with Crippen molar-refractivity contribution in [1.82, 2.24) is 20.3 Å². The zero-order valence-corrected chi connectivity index (χ0v) is 11.9. The maximum absolute atomic E-state index is 11.8. The van der Waals surface area contributed by atoms with Crippen molar-refractivity contribution < 1.29 is 14.7 Å². The topological polar surface area (TPSA) is 97.1 Å². The van der Waals surface area contributed by atoms with Crippen molar-refractivity contribution in [3.05, 3.63) is 32.7 Å². The number of nitrogens with one attached hydrogen (secondary N) is 1. The number of carboxylic acids is 1. The highest BCUT2D eigenvalue weighted by atomic mass is 79.9. The van der Waals surface area contributed by atoms with Gasteiger partial charge in [0.1, 0.15) is 4.88 Å². The third-order valence-corrected chi connectivity index (χ3v) is 4.04. The second-order valence-electron chi connectivity index (χ2n) is 3.53. The van der Waals surface area contributed by atoms with Gasteiger partial charge in [-0.15, -0.1) is 16.4 Å². The molecule has 100 valence electrons. The number of hydrogen-bond acceptors (Lipinski definition) is 5. The van der Waals surface area contributed by atoms with Crippen LogP contribution in [-0.4, -0.2) is 38.5 Å². The molecule has 0 saturated heterocycles. The molecule has 2 aromatic heterocycles. The average Bonchev–Trinajstić information content (AvgIpc) is 2.97. The molecule has 0 aliphatic carbocycles. The molecular formula is C10H9BrN4O3S. The third-order valence-electron chi connectivity index (χ3n) is 2.21. The van der Waals surface area contributed by atoms with Gasteiger partial charge in [0.15, 0.2) is 5.69 Å². The molecule has 0 atom stereocenters. The van der Waals surface area contributed by atoms with Crippen LogP contribution in [0.5, 0.6) is 0 Å². The second-order valence-corrected chi connectivity index (χ2v) is 5.30. The monoisotopic (exact) mass is 344 g/mol. The van der Waals surface area contributed by atoms with E-state index in [0.29, 0.717) is 18.0 Å². The Hall–Kier alpha value is -1.74. The molecule has 2 heterocycles. The van der Waals surface area contributed by atoms with Crippen LogP contribution >= 0.6 is 27.3 Å². The number of aromatic carboxylic acids is 1. The molecule has 7 nitrogen and oxygen atoms in total. The number of carbonyl (C=O) groups is 2. The molecule has 1 amide bonds. The highest BCUT2D eigenvalue weighted by Gasteiger charge is 2.11. The first-order valence-corrected chi connectivity index (χ1v) is 6.90. The number of carbonyl (C=O) groups excluding carboxylic acids is 1. The van der Waals surface area contributed by atoms with Crippen molar-refractivity contribution in [1.29, 1.82) is 0 Å². The Bertz CT molecular complexity index is 609. The van der Waals surface area contributed by atoms with Gasteiger partial charge in [-0.2, -0.15) is 0 Å². The lowest BCUT2D eigenvalue weighted by Gasteiger charge is -2.03. The summed E-state index contributed by atoms with van der Waals surface area (Å²) in [5.74, 6) is -1.31. The van der Waals surface area contributed by atoms with Gasteiger partial charge >= 0.3 is 5.97 Å². The van der Waals surface area contributed by atoms with Gasteiger partial charge < -0.3 is 10.4 Å². The van der Waals surface area contributed by atoms with Gasteiger partial charge in [0.2, 0.25) is 0 Å². The van der Waals surface area contributed by atoms with E-state index in [1.165, 1.54) is 22.2 Å². The molecule has 9 heteroatoms. The van der Waals surface area contributed by atoms with Crippen LogP contribution in [-0.2, 0) is 6.54 Å². The molecule has 0 saturated carbocycles. The van der Waals surface area contributed by atoms with Gasteiger partial charge in [-0.3, -0.25) is 4.79 Å². The minimum absolute atomic E-state index is 0.118. The van der Waals surface area contributed by atoms with Crippen molar-refractivity contribution in [3.8, 4) is 0 Å². The van der Waals surface area contributed by atoms with Crippen molar-refractivity contribution in [3.63, 3.8) is 0 Å². The number of amides is 1. The predicted octanol–water partition coefficient (Wildman–Crippen LogP) is 1.23. The van der Waals surface area contributed by atoms with Crippen LogP contribution < -0.4 is 5.32 Å². The number of halogens is 1. The summed E-state index contributed by atoms with van der Waals surface area (Å²) < 4.78 is 2.12. The van der Waals surface area contributed by atoms with E-state index in [2.05, 4.69) is 31.6 Å². The molecule has 2 aromatic rings. The SMILES string of the molecule is O=C(O)c1cn(CCNC(=O)c2sccc2Br)nn1. The highest BCUT2D eigenvalue weighted by molar-refractivity contribution is 9.10. The van der Waals surface area contributed by atoms with Crippen LogP contribution in [0.1, 0.15) is 20.2 Å². The largest absolute Gasteiger partial charge is 0.476 e. The van der Waals surface area contributed by atoms with Crippen molar-refractivity contribution in [2.24, 2.45) is 0 Å². The van der Waals surface area contributed by atoms with Gasteiger partial charge in [-0.1, -0.05) is 5.21 Å². The normalized spacial score (nSPS) is 10.4. The van der Waals surface area contributed by atoms with Crippen LogP contribution in [0.25, 0.3) is 0 Å². The summed E-state index contributed by atoms with van der Waals surface area (Å²) in [5, 5.41) is 20.3. The molecule has 0 unspecified atom stereocenters. The van der Waals surface area contributed by atoms with Crippen LogP contribution in [0.4, 0.5) is 0 Å². The molecule has 0 aliphatic rings. The summed E-state index contributed by atoms with van der Waals surface area (Å²) >= 11 is 4.62. The van der Waals surface area contributed by atoms with Gasteiger partial charge in [-0.25, -0.2) is 9.48 Å². The lowest BCUT2D eigenvalue weighted by atomic mass is 10.4. The fraction of sp³-hybridized carbons (Fsp3) is 0.200. The minimum atomic E-state index is -1.13. The van der Waals surface area contributed by atoms with E-state index in [9.17, 15) is 9.59 Å². The number of aromatic nitrogens is 3. The number of hydrogen-bond donors (Lipinski definition) is 2. The highest BCUT2D eigenvalue weighted by Crippen LogP contribution is 2.22. The van der Waals surface area contributed by atoms with Crippen LogP contribution in [0, 0.1) is 0 Å². The Morgan fingerprint density at radius 3 is 2.89 bits per heavy atom. The average molecular weight is 345 g/mol. The summed E-state index contributed by atoms with van der Waals surface area (Å²) in [7, 11) is 0. The lowest BCUT2D eigenvalue weighted by molar-refractivity contribution is 0.0690. The summed E-state index contributed by atoms with van der Waals surface area (Å²) in [5.41, 5.74) is -0.118. The Morgan fingerprint density at radius 2 is 2.32 bits per heavy atom. The Morgan fingerprint density at radius 1 is 1.53 bits per heavy atom.